The van der Waals surface area contributed by atoms with Crippen molar-refractivity contribution in [3.05, 3.63) is 0 Å². The van der Waals surface area contributed by atoms with E-state index in [0.29, 0.717) is 0 Å². The maximum absolute atomic E-state index is 10.1. The van der Waals surface area contributed by atoms with Gasteiger partial charge in [0.05, 0.1) is 6.10 Å². The van der Waals surface area contributed by atoms with Crippen LogP contribution in [0.3, 0.4) is 0 Å². The first-order chi connectivity index (χ1) is 5.79. The topological polar surface area (TPSA) is 46.2 Å². The number of rotatable bonds is 0. The van der Waals surface area contributed by atoms with E-state index in [4.69, 9.17) is 5.73 Å². The Kier molecular flexibility index (Phi) is 1.67. The van der Waals surface area contributed by atoms with E-state index in [9.17, 15) is 5.11 Å². The average Bonchev–Trinajstić information content (AvgIpc) is 1.93. The number of hydrogen-bond donors (Lipinski definition) is 2. The summed E-state index contributed by atoms with van der Waals surface area (Å²) in [6.45, 7) is 6.71. The Morgan fingerprint density at radius 1 is 1.23 bits per heavy atom. The van der Waals surface area contributed by atoms with Crippen LogP contribution in [0.15, 0.2) is 0 Å². The summed E-state index contributed by atoms with van der Waals surface area (Å²) in [6.07, 6.45) is 3.83. The van der Waals surface area contributed by atoms with Gasteiger partial charge in [-0.25, -0.2) is 0 Å². The summed E-state index contributed by atoms with van der Waals surface area (Å²) in [5.74, 6) is 0. The molecule has 0 spiro atoms. The van der Waals surface area contributed by atoms with Crippen molar-refractivity contribution in [2.45, 2.75) is 58.1 Å². The Hall–Kier alpha value is -0.0800. The number of aliphatic hydroxyl groups is 1. The van der Waals surface area contributed by atoms with Crippen molar-refractivity contribution in [3.63, 3.8) is 0 Å². The Morgan fingerprint density at radius 3 is 2.31 bits per heavy atom. The first kappa shape index (κ1) is 9.47. The second-order valence-corrected chi connectivity index (χ2v) is 6.06. The fourth-order valence-corrected chi connectivity index (χ4v) is 3.42. The quantitative estimate of drug-likeness (QED) is 0.600. The van der Waals surface area contributed by atoms with Crippen LogP contribution in [0.5, 0.6) is 0 Å². The minimum Gasteiger partial charge on any atom is -0.392 e. The van der Waals surface area contributed by atoms with Gasteiger partial charge in [-0.15, -0.1) is 0 Å². The fraction of sp³-hybridized carbons (Fsp3) is 1.00. The molecule has 0 aromatic rings. The van der Waals surface area contributed by atoms with E-state index in [2.05, 4.69) is 20.8 Å². The predicted octanol–water partition coefficient (Wildman–Crippen LogP) is 1.66. The lowest BCUT2D eigenvalue weighted by atomic mass is 9.46. The van der Waals surface area contributed by atoms with E-state index < -0.39 is 0 Å². The van der Waals surface area contributed by atoms with Gasteiger partial charge in [-0.05, 0) is 36.5 Å². The molecule has 0 unspecified atom stereocenters. The summed E-state index contributed by atoms with van der Waals surface area (Å²) in [7, 11) is 0. The molecule has 3 fully saturated rings. The van der Waals surface area contributed by atoms with Crippen LogP contribution in [-0.2, 0) is 0 Å². The van der Waals surface area contributed by atoms with E-state index in [0.717, 1.165) is 25.7 Å². The highest BCUT2D eigenvalue weighted by molar-refractivity contribution is 5.12. The molecule has 3 aliphatic rings. The molecule has 0 heterocycles. The van der Waals surface area contributed by atoms with Gasteiger partial charge in [0, 0.05) is 5.54 Å². The van der Waals surface area contributed by atoms with Crippen molar-refractivity contribution in [1.29, 1.82) is 0 Å². The summed E-state index contributed by atoms with van der Waals surface area (Å²) in [5.41, 5.74) is 6.46. The number of aliphatic hydroxyl groups excluding tert-OH is 1. The molecule has 2 heteroatoms. The maximum Gasteiger partial charge on any atom is 0.0616 e. The summed E-state index contributed by atoms with van der Waals surface area (Å²) in [6, 6.07) is 0. The van der Waals surface area contributed by atoms with Crippen LogP contribution in [0.25, 0.3) is 0 Å². The van der Waals surface area contributed by atoms with Gasteiger partial charge < -0.3 is 10.8 Å². The van der Waals surface area contributed by atoms with Gasteiger partial charge in [0.25, 0.3) is 0 Å². The van der Waals surface area contributed by atoms with Gasteiger partial charge in [-0.1, -0.05) is 20.8 Å². The standard InChI is InChI=1S/C11H21NO/c1-9(2)7-11(12)5-4-10(9,3)8(13)6-11/h8,13H,4-7,12H2,1-3H3/t8-,10-,11+/m0/s1. The molecule has 3 atom stereocenters. The molecule has 2 nitrogen and oxygen atoms in total. The molecule has 2 bridgehead atoms. The second-order valence-electron chi connectivity index (χ2n) is 6.06. The zero-order valence-electron chi connectivity index (χ0n) is 8.93. The summed E-state index contributed by atoms with van der Waals surface area (Å²) < 4.78 is 0. The lowest BCUT2D eigenvalue weighted by Gasteiger charge is -2.62. The third kappa shape index (κ3) is 1.08. The Bertz CT molecular complexity index is 238. The Morgan fingerprint density at radius 2 is 1.85 bits per heavy atom. The van der Waals surface area contributed by atoms with Crippen LogP contribution in [0, 0.1) is 10.8 Å². The van der Waals surface area contributed by atoms with Crippen LogP contribution in [0.4, 0.5) is 0 Å². The van der Waals surface area contributed by atoms with E-state index in [-0.39, 0.29) is 22.5 Å². The third-order valence-electron chi connectivity index (χ3n) is 4.82. The van der Waals surface area contributed by atoms with Gasteiger partial charge in [-0.2, -0.15) is 0 Å². The minimum atomic E-state index is -0.199. The van der Waals surface area contributed by atoms with Crippen molar-refractivity contribution in [3.8, 4) is 0 Å². The molecule has 13 heavy (non-hydrogen) atoms. The second kappa shape index (κ2) is 2.29. The highest BCUT2D eigenvalue weighted by atomic mass is 16.3. The molecule has 0 aromatic carbocycles. The summed E-state index contributed by atoms with van der Waals surface area (Å²) in [4.78, 5) is 0. The first-order valence-corrected chi connectivity index (χ1v) is 5.26. The number of nitrogens with two attached hydrogens (primary N) is 1. The van der Waals surface area contributed by atoms with Gasteiger partial charge in [-0.3, -0.25) is 0 Å². The minimum absolute atomic E-state index is 0.0827. The third-order valence-corrected chi connectivity index (χ3v) is 4.82. The highest BCUT2D eigenvalue weighted by Gasteiger charge is 2.59. The average molecular weight is 183 g/mol. The van der Waals surface area contributed by atoms with Crippen molar-refractivity contribution >= 4 is 0 Å². The smallest absolute Gasteiger partial charge is 0.0616 e. The Labute approximate surface area is 80.5 Å². The molecule has 0 aromatic heterocycles. The SMILES string of the molecule is CC1(C)C[C@@]2(N)CC[C@@]1(C)[C@@H](O)C2. The summed E-state index contributed by atoms with van der Waals surface area (Å²) in [5, 5.41) is 10.1. The number of fused-ring (bicyclic) bond motifs is 3. The van der Waals surface area contributed by atoms with E-state index in [1.807, 2.05) is 0 Å². The van der Waals surface area contributed by atoms with Crippen molar-refractivity contribution in [1.82, 2.24) is 0 Å². The largest absolute Gasteiger partial charge is 0.392 e. The van der Waals surface area contributed by atoms with Crippen molar-refractivity contribution in [2.75, 3.05) is 0 Å². The van der Waals surface area contributed by atoms with Gasteiger partial charge in [0.1, 0.15) is 0 Å². The van der Waals surface area contributed by atoms with Crippen molar-refractivity contribution in [2.24, 2.45) is 16.6 Å². The van der Waals surface area contributed by atoms with E-state index >= 15 is 0 Å². The number of hydrogen-bond acceptors (Lipinski definition) is 2. The van der Waals surface area contributed by atoms with Crippen molar-refractivity contribution < 1.29 is 5.11 Å². The predicted molar refractivity (Wildman–Crippen MR) is 53.3 cm³/mol. The highest BCUT2D eigenvalue weighted by Crippen LogP contribution is 2.60. The van der Waals surface area contributed by atoms with Crippen LogP contribution in [-0.4, -0.2) is 16.7 Å². The molecule has 3 rings (SSSR count). The zero-order chi connectivity index (χ0) is 9.91. The molecular weight excluding hydrogens is 162 g/mol. The van der Waals surface area contributed by atoms with Gasteiger partial charge in [0.2, 0.25) is 0 Å². The lowest BCUT2D eigenvalue weighted by Crippen LogP contribution is -2.65. The molecule has 76 valence electrons. The molecule has 0 saturated heterocycles. The molecule has 0 amide bonds. The Balaban J connectivity index is 2.39. The van der Waals surface area contributed by atoms with Gasteiger partial charge in [0.15, 0.2) is 0 Å². The zero-order valence-corrected chi connectivity index (χ0v) is 8.93. The fourth-order valence-electron chi connectivity index (χ4n) is 3.42. The van der Waals surface area contributed by atoms with Crippen LogP contribution < -0.4 is 5.73 Å². The summed E-state index contributed by atoms with van der Waals surface area (Å²) >= 11 is 0. The molecular formula is C11H21NO. The van der Waals surface area contributed by atoms with E-state index in [1.54, 1.807) is 0 Å². The van der Waals surface area contributed by atoms with E-state index in [1.165, 1.54) is 0 Å². The molecule has 0 radical (unpaired) electrons. The van der Waals surface area contributed by atoms with Crippen LogP contribution in [0.1, 0.15) is 46.5 Å². The van der Waals surface area contributed by atoms with Crippen LogP contribution in [0.2, 0.25) is 0 Å². The first-order valence-electron chi connectivity index (χ1n) is 5.26. The lowest BCUT2D eigenvalue weighted by molar-refractivity contribution is -0.154. The molecule has 3 saturated carbocycles. The van der Waals surface area contributed by atoms with Crippen LogP contribution >= 0.6 is 0 Å². The molecule has 3 aliphatic carbocycles. The maximum atomic E-state index is 10.1. The molecule has 0 aliphatic heterocycles. The normalized spacial score (nSPS) is 53.8. The van der Waals surface area contributed by atoms with Gasteiger partial charge >= 0.3 is 0 Å². The monoisotopic (exact) mass is 183 g/mol. The molecule has 3 N–H and O–H groups in total.